The Bertz CT molecular complexity index is 1090. The Kier molecular flexibility index (Phi) is 14.4. The van der Waals surface area contributed by atoms with Crippen molar-refractivity contribution < 1.29 is 33.1 Å². The van der Waals surface area contributed by atoms with Gasteiger partial charge in [-0.2, -0.15) is 0 Å². The summed E-state index contributed by atoms with van der Waals surface area (Å²) in [5.41, 5.74) is 1.17. The second kappa shape index (κ2) is 17.2. The average Bonchev–Trinajstić information content (AvgIpc) is 3.53. The second-order valence-electron chi connectivity index (χ2n) is 11.9. The number of fused-ring (bicyclic) bond motifs is 2. The molecule has 8 nitrogen and oxygen atoms in total. The van der Waals surface area contributed by atoms with Crippen molar-refractivity contribution in [1.29, 1.82) is 0 Å². The molecular weight excluding hydrogens is 607 g/mol. The van der Waals surface area contributed by atoms with Crippen LogP contribution in [0.25, 0.3) is 0 Å². The number of esters is 1. The number of hydrogen-bond donors (Lipinski definition) is 0. The number of unbranched alkanes of at least 4 members (excludes halogenated alkanes) is 5. The molecule has 2 saturated heterocycles. The molecule has 4 rings (SSSR count). The summed E-state index contributed by atoms with van der Waals surface area (Å²) in [7, 11) is 0. The molecule has 0 radical (unpaired) electrons. The van der Waals surface area contributed by atoms with Crippen molar-refractivity contribution in [2.24, 2.45) is 5.92 Å². The van der Waals surface area contributed by atoms with E-state index >= 15 is 0 Å². The lowest BCUT2D eigenvalue weighted by atomic mass is 9.89. The van der Waals surface area contributed by atoms with E-state index in [1.165, 1.54) is 44.6 Å². The van der Waals surface area contributed by atoms with Gasteiger partial charge in [-0.25, -0.2) is 0 Å². The van der Waals surface area contributed by atoms with Crippen molar-refractivity contribution in [2.45, 2.75) is 121 Å². The van der Waals surface area contributed by atoms with Crippen LogP contribution >= 0.6 is 23.5 Å². The number of hydrogen-bond acceptors (Lipinski definition) is 9. The van der Waals surface area contributed by atoms with Crippen molar-refractivity contribution in [3.05, 3.63) is 23.8 Å². The lowest BCUT2D eigenvalue weighted by molar-refractivity contribution is -0.155. The van der Waals surface area contributed by atoms with Crippen molar-refractivity contribution in [3.8, 4) is 11.5 Å². The van der Waals surface area contributed by atoms with Crippen molar-refractivity contribution in [1.82, 2.24) is 4.90 Å². The van der Waals surface area contributed by atoms with Gasteiger partial charge in [-0.1, -0.05) is 63.2 Å². The lowest BCUT2D eigenvalue weighted by Gasteiger charge is -2.44. The van der Waals surface area contributed by atoms with Crippen molar-refractivity contribution in [3.63, 3.8) is 0 Å². The molecule has 242 valence electrons. The fourth-order valence-electron chi connectivity index (χ4n) is 5.62. The van der Waals surface area contributed by atoms with Crippen LogP contribution in [0.4, 0.5) is 0 Å². The number of carbonyl (C=O) groups is 3. The molecule has 0 aromatic heterocycles. The van der Waals surface area contributed by atoms with Gasteiger partial charge < -0.3 is 23.7 Å². The highest BCUT2D eigenvalue weighted by atomic mass is 32.2. The molecule has 43 heavy (non-hydrogen) atoms. The molecule has 11 heteroatoms. The van der Waals surface area contributed by atoms with Crippen LogP contribution in [0, 0.1) is 5.92 Å². The molecule has 0 saturated carbocycles. The number of carbonyl (C=O) groups excluding carboxylic acids is 3. The highest BCUT2D eigenvalue weighted by molar-refractivity contribution is 8.13. The molecule has 2 unspecified atom stereocenters. The number of ether oxygens (including phenoxy) is 3. The molecule has 0 bridgehead atoms. The maximum absolute atomic E-state index is 12.4. The van der Waals surface area contributed by atoms with Gasteiger partial charge in [0.05, 0.1) is 11.3 Å². The van der Waals surface area contributed by atoms with Crippen molar-refractivity contribution >= 4 is 51.7 Å². The monoisotopic (exact) mass is 655 g/mol. The summed E-state index contributed by atoms with van der Waals surface area (Å²) >= 11 is 1.94. The first kappa shape index (κ1) is 35.9. The quantitative estimate of drug-likeness (QED) is 0.0671. The highest BCUT2D eigenvalue weighted by Gasteiger charge is 2.62. The number of benzene rings is 1. The van der Waals surface area contributed by atoms with E-state index in [0.29, 0.717) is 6.79 Å². The van der Waals surface area contributed by atoms with E-state index in [2.05, 4.69) is 20.8 Å². The summed E-state index contributed by atoms with van der Waals surface area (Å²) in [6.45, 7) is 12.0. The number of amides is 1. The van der Waals surface area contributed by atoms with E-state index in [0.717, 1.165) is 54.7 Å². The normalized spacial score (nSPS) is 22.6. The molecule has 0 spiro atoms. The molecule has 3 heterocycles. The van der Waals surface area contributed by atoms with E-state index in [-0.39, 0.29) is 38.3 Å². The zero-order valence-corrected chi connectivity index (χ0v) is 29.0. The molecule has 1 aromatic rings. The minimum Gasteiger partial charge on any atom is -0.616 e. The summed E-state index contributed by atoms with van der Waals surface area (Å²) in [6, 6.07) is 5.57. The molecule has 0 aliphatic carbocycles. The van der Waals surface area contributed by atoms with Crippen LogP contribution in [0.3, 0.4) is 0 Å². The zero-order chi connectivity index (χ0) is 31.6. The van der Waals surface area contributed by atoms with E-state index in [1.54, 1.807) is 16.7 Å². The summed E-state index contributed by atoms with van der Waals surface area (Å²) < 4.78 is 27.5. The molecule has 3 aliphatic heterocycles. The number of nitrogens with zero attached hydrogens (tertiary/aromatic N) is 1. The third kappa shape index (κ3) is 9.96. The molecule has 0 N–H and O–H groups in total. The maximum Gasteiger partial charge on any atom is 0.303 e. The SMILES string of the molecule is CCCCCCCC[S+]([O-])C(C)Cc1ccc2c(c1)OCO2.CCC[C@@H]1C(=O)N2[C@@H]1SC(C)(C)[C@@H]2C(=O)SCOC(C)=O. The van der Waals surface area contributed by atoms with E-state index in [4.69, 9.17) is 14.2 Å². The zero-order valence-electron chi connectivity index (χ0n) is 26.6. The number of rotatable bonds is 15. The van der Waals surface area contributed by atoms with Crippen LogP contribution in [0.1, 0.15) is 98.5 Å². The Morgan fingerprint density at radius 3 is 2.53 bits per heavy atom. The summed E-state index contributed by atoms with van der Waals surface area (Å²) in [6.07, 6.45) is 10.2. The fourth-order valence-corrected chi connectivity index (χ4v) is 9.60. The standard InChI is InChI=1S/C18H28O3S.C14H21NO4S2/c1-3-4-5-6-7-8-11-22(19)15(2)12-16-9-10-17-18(13-16)21-14-20-17;1-5-6-9-11(17)15-10(14(3,4)21-12(9)15)13(18)20-7-19-8(2)16/h9-10,13,15H,3-8,11-12,14H2,1-2H3;9-10,12H,5-7H2,1-4H3/t;9-,10+,12-/m.1/s1. The smallest absolute Gasteiger partial charge is 0.303 e. The maximum atomic E-state index is 12.4. The highest BCUT2D eigenvalue weighted by Crippen LogP contribution is 2.55. The van der Waals surface area contributed by atoms with Crippen LogP contribution in [-0.2, 0) is 36.7 Å². The predicted molar refractivity (Wildman–Crippen MR) is 176 cm³/mol. The van der Waals surface area contributed by atoms with Crippen molar-refractivity contribution in [2.75, 3.05) is 18.5 Å². The largest absolute Gasteiger partial charge is 0.616 e. The Balaban J connectivity index is 0.000000236. The average molecular weight is 656 g/mol. The first-order chi connectivity index (χ1) is 20.5. The number of thioether (sulfide) groups is 2. The summed E-state index contributed by atoms with van der Waals surface area (Å²) in [4.78, 5) is 37.2. The minimum absolute atomic E-state index is 0.0104. The molecular formula is C32H49NO7S3. The second-order valence-corrected chi connectivity index (χ2v) is 16.6. The van der Waals surface area contributed by atoms with Gasteiger partial charge in [0.1, 0.15) is 23.0 Å². The van der Waals surface area contributed by atoms with Gasteiger partial charge in [-0.05, 0) is 69.5 Å². The van der Waals surface area contributed by atoms with Gasteiger partial charge in [0.2, 0.25) is 17.8 Å². The molecule has 1 amide bonds. The van der Waals surface area contributed by atoms with Gasteiger partial charge >= 0.3 is 5.97 Å². The minimum atomic E-state index is -0.743. The van der Waals surface area contributed by atoms with Gasteiger partial charge in [0.25, 0.3) is 0 Å². The van der Waals surface area contributed by atoms with Crippen LogP contribution in [0.2, 0.25) is 0 Å². The predicted octanol–water partition coefficient (Wildman–Crippen LogP) is 6.70. The van der Waals surface area contributed by atoms with E-state index in [1.807, 2.05) is 32.0 Å². The molecule has 2 fully saturated rings. The van der Waals surface area contributed by atoms with Crippen LogP contribution in [-0.4, -0.2) is 66.3 Å². The van der Waals surface area contributed by atoms with Gasteiger partial charge in [0, 0.05) is 18.1 Å². The van der Waals surface area contributed by atoms with Gasteiger partial charge in [-0.3, -0.25) is 14.4 Å². The Morgan fingerprint density at radius 2 is 1.84 bits per heavy atom. The summed E-state index contributed by atoms with van der Waals surface area (Å²) in [5, 5.41) is 0.214. The molecule has 3 aliphatic rings. The first-order valence-electron chi connectivity index (χ1n) is 15.6. The molecule has 1 aromatic carbocycles. The molecule has 5 atom stereocenters. The Morgan fingerprint density at radius 1 is 1.14 bits per heavy atom. The van der Waals surface area contributed by atoms with E-state index in [9.17, 15) is 18.9 Å². The van der Waals surface area contributed by atoms with Crippen LogP contribution in [0.15, 0.2) is 18.2 Å². The van der Waals surface area contributed by atoms with Crippen LogP contribution in [0.5, 0.6) is 11.5 Å². The lowest BCUT2D eigenvalue weighted by Crippen LogP contribution is -2.62. The topological polar surface area (TPSA) is 105 Å². The number of β-lactam (4-membered cyclic amide) rings is 1. The van der Waals surface area contributed by atoms with E-state index < -0.39 is 23.2 Å². The summed E-state index contributed by atoms with van der Waals surface area (Å²) in [5.74, 6) is 2.20. The van der Waals surface area contributed by atoms with Gasteiger partial charge in [0.15, 0.2) is 11.5 Å². The third-order valence-electron chi connectivity index (χ3n) is 7.95. The Hall–Kier alpha value is -1.56. The third-order valence-corrected chi connectivity index (χ3v) is 12.1. The Labute approximate surface area is 269 Å². The fraction of sp³-hybridized carbons (Fsp3) is 0.719. The van der Waals surface area contributed by atoms with Gasteiger partial charge in [-0.15, -0.1) is 11.8 Å². The first-order valence-corrected chi connectivity index (χ1v) is 18.8. The van der Waals surface area contributed by atoms with Crippen LogP contribution < -0.4 is 9.47 Å².